The molecule has 0 aromatic heterocycles. The van der Waals surface area contributed by atoms with Gasteiger partial charge < -0.3 is 45.1 Å². The monoisotopic (exact) mass is 1100 g/mol. The van der Waals surface area contributed by atoms with E-state index >= 15 is 0 Å². The Bertz CT molecular complexity index is 1450. The van der Waals surface area contributed by atoms with Gasteiger partial charge in [-0.3, -0.25) is 9.59 Å². The van der Waals surface area contributed by atoms with Crippen LogP contribution in [-0.4, -0.2) is 99.6 Å². The number of amides is 1. The molecule has 1 rings (SSSR count). The molecule has 0 bridgehead atoms. The van der Waals surface area contributed by atoms with Crippen molar-refractivity contribution in [2.75, 3.05) is 13.2 Å². The largest absolute Gasteiger partial charge is 0.454 e. The summed E-state index contributed by atoms with van der Waals surface area (Å²) in [7, 11) is 0. The van der Waals surface area contributed by atoms with Gasteiger partial charge in [-0.15, -0.1) is 0 Å². The van der Waals surface area contributed by atoms with Crippen molar-refractivity contribution in [1.82, 2.24) is 5.32 Å². The lowest BCUT2D eigenvalue weighted by atomic mass is 9.99. The van der Waals surface area contributed by atoms with E-state index in [9.17, 15) is 35.1 Å². The van der Waals surface area contributed by atoms with Crippen LogP contribution in [0.5, 0.6) is 0 Å². The summed E-state index contributed by atoms with van der Waals surface area (Å²) in [5.41, 5.74) is 0. The number of esters is 1. The van der Waals surface area contributed by atoms with Crippen LogP contribution in [0.15, 0.2) is 48.6 Å². The van der Waals surface area contributed by atoms with Gasteiger partial charge in [0.1, 0.15) is 24.4 Å². The topological polar surface area (TPSA) is 175 Å². The van der Waals surface area contributed by atoms with Crippen molar-refractivity contribution in [3.05, 3.63) is 48.6 Å². The molecule has 0 aromatic carbocycles. The Morgan fingerprint density at radius 2 is 0.923 bits per heavy atom. The standard InChI is InChI=1S/C67H123NO10/c1-4-7-10-13-16-19-22-24-26-27-28-29-30-31-32-33-34-35-36-39-42-45-48-51-54-60(71)66(75)68-58(59(70)53-50-47-44-41-38-21-18-15-12-9-6-3)57-76-67-65(64(74)63(73)61(56-69)77-67)78-62(72)55-52-49-46-43-40-37-25-23-20-17-14-11-8-5-2/h8,11,17,20,24,26,50,53,58-61,63-65,67,69-71,73-74H,4-7,9-10,12-16,18-19,21-23,25,27-49,51-52,54-57H2,1-3H3,(H,68,75)/b11-8+,20-17+,26-24+,53-50+. The van der Waals surface area contributed by atoms with Crippen LogP contribution < -0.4 is 5.32 Å². The summed E-state index contributed by atoms with van der Waals surface area (Å²) in [6, 6.07) is -1.02. The molecule has 1 saturated heterocycles. The highest BCUT2D eigenvalue weighted by Gasteiger charge is 2.47. The molecule has 0 aliphatic carbocycles. The van der Waals surface area contributed by atoms with Crippen molar-refractivity contribution in [2.24, 2.45) is 0 Å². The highest BCUT2D eigenvalue weighted by molar-refractivity contribution is 5.80. The number of carbonyl (C=O) groups is 2. The van der Waals surface area contributed by atoms with E-state index in [0.717, 1.165) is 83.5 Å². The summed E-state index contributed by atoms with van der Waals surface area (Å²) < 4.78 is 17.6. The van der Waals surface area contributed by atoms with Gasteiger partial charge in [-0.25, -0.2) is 0 Å². The quantitative estimate of drug-likeness (QED) is 0.0195. The van der Waals surface area contributed by atoms with Crippen molar-refractivity contribution in [3.63, 3.8) is 0 Å². The van der Waals surface area contributed by atoms with Crippen LogP contribution >= 0.6 is 0 Å². The van der Waals surface area contributed by atoms with E-state index in [2.05, 4.69) is 62.5 Å². The number of aliphatic hydroxyl groups is 5. The molecule has 0 spiro atoms. The van der Waals surface area contributed by atoms with Crippen LogP contribution in [0.3, 0.4) is 0 Å². The SMILES string of the molecule is CC/C=C/C/C=C/CCCCCCCCCC(=O)OC1C(OCC(NC(=O)C(O)CCCCCCCCCCCCCCCC/C=C/CCCCCCCC)C(O)/C=C/CCCCCCCCCCC)OC(CO)C(O)C1O. The average molecular weight is 1100 g/mol. The molecule has 1 aliphatic rings. The fourth-order valence-corrected chi connectivity index (χ4v) is 10.3. The van der Waals surface area contributed by atoms with Gasteiger partial charge in [0.05, 0.1) is 25.4 Å². The molecule has 11 heteroatoms. The maximum Gasteiger partial charge on any atom is 0.306 e. The normalized spacial score (nSPS) is 19.2. The average Bonchev–Trinajstić information content (AvgIpc) is 3.44. The zero-order valence-corrected chi connectivity index (χ0v) is 50.5. The molecule has 8 unspecified atom stereocenters. The third-order valence-corrected chi connectivity index (χ3v) is 15.5. The van der Waals surface area contributed by atoms with Crippen molar-refractivity contribution in [2.45, 2.75) is 352 Å². The second kappa shape index (κ2) is 55.2. The lowest BCUT2D eigenvalue weighted by molar-refractivity contribution is -0.305. The number of hydrogen-bond acceptors (Lipinski definition) is 10. The van der Waals surface area contributed by atoms with E-state index in [-0.39, 0.29) is 13.0 Å². The highest BCUT2D eigenvalue weighted by Crippen LogP contribution is 2.26. The number of hydrogen-bond donors (Lipinski definition) is 6. The first-order chi connectivity index (χ1) is 38.2. The van der Waals surface area contributed by atoms with Crippen molar-refractivity contribution in [3.8, 4) is 0 Å². The molecular formula is C67H123NO10. The highest BCUT2D eigenvalue weighted by atomic mass is 16.7. The Morgan fingerprint density at radius 1 is 0.513 bits per heavy atom. The molecule has 0 radical (unpaired) electrons. The maximum absolute atomic E-state index is 13.4. The molecule has 1 heterocycles. The van der Waals surface area contributed by atoms with Crippen LogP contribution in [0.1, 0.15) is 303 Å². The number of ether oxygens (including phenoxy) is 3. The zero-order valence-electron chi connectivity index (χ0n) is 50.5. The fraction of sp³-hybridized carbons (Fsp3) is 0.851. The summed E-state index contributed by atoms with van der Waals surface area (Å²) in [5.74, 6) is -1.20. The zero-order chi connectivity index (χ0) is 56.8. The third-order valence-electron chi connectivity index (χ3n) is 15.5. The summed E-state index contributed by atoms with van der Waals surface area (Å²) in [6.45, 7) is 5.69. The van der Waals surface area contributed by atoms with Gasteiger partial charge in [-0.1, -0.05) is 268 Å². The van der Waals surface area contributed by atoms with E-state index in [1.807, 2.05) is 6.08 Å². The minimum Gasteiger partial charge on any atom is -0.454 e. The van der Waals surface area contributed by atoms with E-state index in [1.165, 1.54) is 173 Å². The smallest absolute Gasteiger partial charge is 0.306 e. The van der Waals surface area contributed by atoms with Crippen LogP contribution in [0.25, 0.3) is 0 Å². The van der Waals surface area contributed by atoms with E-state index < -0.39 is 67.4 Å². The van der Waals surface area contributed by atoms with Crippen molar-refractivity contribution in [1.29, 1.82) is 0 Å². The Morgan fingerprint density at radius 3 is 1.38 bits per heavy atom. The van der Waals surface area contributed by atoms with Crippen LogP contribution in [-0.2, 0) is 23.8 Å². The summed E-state index contributed by atoms with van der Waals surface area (Å²) in [6.07, 6.45) is 57.4. The molecule has 1 fully saturated rings. The maximum atomic E-state index is 13.4. The predicted octanol–water partition coefficient (Wildman–Crippen LogP) is 16.0. The van der Waals surface area contributed by atoms with E-state index in [4.69, 9.17) is 14.2 Å². The molecule has 1 aliphatic heterocycles. The molecule has 8 atom stereocenters. The van der Waals surface area contributed by atoms with Gasteiger partial charge >= 0.3 is 5.97 Å². The molecule has 1 amide bonds. The number of unbranched alkanes of at least 4 members (excludes halogenated alkanes) is 36. The molecule has 11 nitrogen and oxygen atoms in total. The van der Waals surface area contributed by atoms with Gasteiger partial charge in [-0.2, -0.15) is 0 Å². The van der Waals surface area contributed by atoms with Gasteiger partial charge in [-0.05, 0) is 77.0 Å². The minimum absolute atomic E-state index is 0.115. The third kappa shape index (κ3) is 42.5. The molecule has 78 heavy (non-hydrogen) atoms. The number of aliphatic hydroxyl groups excluding tert-OH is 5. The second-order valence-electron chi connectivity index (χ2n) is 22.8. The second-order valence-corrected chi connectivity index (χ2v) is 22.8. The Balaban J connectivity index is 2.58. The number of carbonyl (C=O) groups excluding carboxylic acids is 2. The van der Waals surface area contributed by atoms with Gasteiger partial charge in [0.15, 0.2) is 12.4 Å². The number of rotatable bonds is 56. The first kappa shape index (κ1) is 73.6. The molecule has 0 saturated carbocycles. The number of allylic oxidation sites excluding steroid dienone is 7. The minimum atomic E-state index is -1.62. The Hall–Kier alpha value is -2.38. The van der Waals surface area contributed by atoms with Gasteiger partial charge in [0, 0.05) is 6.42 Å². The summed E-state index contributed by atoms with van der Waals surface area (Å²) in [5, 5.41) is 57.0. The first-order valence-corrected chi connectivity index (χ1v) is 32.9. The lowest BCUT2D eigenvalue weighted by Crippen LogP contribution is -2.61. The number of nitrogens with one attached hydrogen (secondary N) is 1. The Labute approximate surface area is 478 Å². The first-order valence-electron chi connectivity index (χ1n) is 32.9. The molecule has 6 N–H and O–H groups in total. The van der Waals surface area contributed by atoms with Crippen LogP contribution in [0.2, 0.25) is 0 Å². The summed E-state index contributed by atoms with van der Waals surface area (Å²) in [4.78, 5) is 26.5. The van der Waals surface area contributed by atoms with Crippen LogP contribution in [0.4, 0.5) is 0 Å². The van der Waals surface area contributed by atoms with E-state index in [0.29, 0.717) is 19.3 Å². The van der Waals surface area contributed by atoms with Crippen LogP contribution in [0, 0.1) is 0 Å². The molecular weight excluding hydrogens is 979 g/mol. The van der Waals surface area contributed by atoms with E-state index in [1.54, 1.807) is 6.08 Å². The lowest BCUT2D eigenvalue weighted by Gasteiger charge is -2.41. The molecule has 0 aromatic rings. The summed E-state index contributed by atoms with van der Waals surface area (Å²) >= 11 is 0. The van der Waals surface area contributed by atoms with Crippen molar-refractivity contribution >= 4 is 11.9 Å². The fourth-order valence-electron chi connectivity index (χ4n) is 10.3. The van der Waals surface area contributed by atoms with Gasteiger partial charge in [0.25, 0.3) is 0 Å². The van der Waals surface area contributed by atoms with Crippen molar-refractivity contribution < 1.29 is 49.3 Å². The molecule has 456 valence electrons. The predicted molar refractivity (Wildman–Crippen MR) is 324 cm³/mol. The van der Waals surface area contributed by atoms with Gasteiger partial charge in [0.2, 0.25) is 5.91 Å². The Kier molecular flexibility index (Phi) is 52.1.